The van der Waals surface area contributed by atoms with Crippen molar-refractivity contribution in [3.05, 3.63) is 83.9 Å². The topological polar surface area (TPSA) is 126 Å². The number of hydrogen-bond donors (Lipinski definition) is 0. The highest BCUT2D eigenvalue weighted by Gasteiger charge is 2.41. The van der Waals surface area contributed by atoms with E-state index in [1.54, 1.807) is 12.1 Å². The first-order chi connectivity index (χ1) is 33.9. The highest BCUT2D eigenvalue weighted by molar-refractivity contribution is 6.02. The molecule has 13 nitrogen and oxygen atoms in total. The Morgan fingerprint density at radius 2 is 1.06 bits per heavy atom. The van der Waals surface area contributed by atoms with Gasteiger partial charge in [-0.3, -0.25) is 9.59 Å². The number of nitrogens with zero attached hydrogens (tertiary/aromatic N) is 3. The Balaban J connectivity index is 1.79. The zero-order valence-electron chi connectivity index (χ0n) is 47.4. The minimum absolute atomic E-state index is 0.0338. The first kappa shape index (κ1) is 61.8. The van der Waals surface area contributed by atoms with Crippen molar-refractivity contribution < 1.29 is 47.5 Å². The highest BCUT2D eigenvalue weighted by Crippen LogP contribution is 2.35. The second-order valence-electron chi connectivity index (χ2n) is 21.3. The summed E-state index contributed by atoms with van der Waals surface area (Å²) in [5.41, 5.74) is 1.29. The van der Waals surface area contributed by atoms with Crippen LogP contribution in [0.15, 0.2) is 72.8 Å². The molecule has 0 saturated carbocycles. The van der Waals surface area contributed by atoms with E-state index in [2.05, 4.69) is 41.5 Å². The lowest BCUT2D eigenvalue weighted by Crippen LogP contribution is -2.46. The van der Waals surface area contributed by atoms with Crippen LogP contribution >= 0.6 is 0 Å². The third kappa shape index (κ3) is 19.1. The summed E-state index contributed by atoms with van der Waals surface area (Å²) in [6, 6.07) is 22.6. The van der Waals surface area contributed by atoms with E-state index in [4.69, 9.17) is 33.2 Å². The Kier molecular flexibility index (Phi) is 24.7. The third-order valence-corrected chi connectivity index (χ3v) is 14.0. The number of Topliss-reactive ketones (excluding diaryl/α,β-unsaturated/α-hetero) is 2. The highest BCUT2D eigenvalue weighted by atomic mass is 16.6. The summed E-state index contributed by atoms with van der Waals surface area (Å²) in [6.07, 6.45) is 3.27. The predicted molar refractivity (Wildman–Crippen MR) is 293 cm³/mol. The van der Waals surface area contributed by atoms with E-state index in [1.165, 1.54) is 0 Å². The molecule has 8 atom stereocenters. The number of carbonyl (C=O) groups is 3. The maximum absolute atomic E-state index is 14.1. The Bertz CT molecular complexity index is 2080. The molecule has 0 heterocycles. The molecule has 0 aliphatic heterocycles. The van der Waals surface area contributed by atoms with Crippen LogP contribution in [0, 0.1) is 5.41 Å². The Morgan fingerprint density at radius 3 is 1.50 bits per heavy atom. The molecule has 0 fully saturated rings. The summed E-state index contributed by atoms with van der Waals surface area (Å²) in [6.45, 7) is 23.3. The van der Waals surface area contributed by atoms with Gasteiger partial charge in [0.2, 0.25) is 0 Å². The number of hydrogen-bond acceptors (Lipinski definition) is 13. The van der Waals surface area contributed by atoms with Crippen LogP contribution in [0.3, 0.4) is 0 Å². The van der Waals surface area contributed by atoms with Gasteiger partial charge in [-0.1, -0.05) is 41.0 Å². The van der Waals surface area contributed by atoms with Crippen LogP contribution in [-0.2, 0) is 33.2 Å². The first-order valence-corrected chi connectivity index (χ1v) is 26.3. The van der Waals surface area contributed by atoms with Gasteiger partial charge >= 0.3 is 5.97 Å². The average molecular weight is 1000 g/mol. The number of ether oxygens (including phenoxy) is 7. The van der Waals surface area contributed by atoms with Gasteiger partial charge in [0.05, 0.1) is 55.4 Å². The number of carbonyl (C=O) groups excluding carboxylic acids is 3. The molecule has 404 valence electrons. The third-order valence-electron chi connectivity index (χ3n) is 14.0. The molecule has 3 aromatic rings. The molecule has 0 spiro atoms. The van der Waals surface area contributed by atoms with E-state index in [9.17, 15) is 14.4 Å². The zero-order chi connectivity index (χ0) is 53.9. The summed E-state index contributed by atoms with van der Waals surface area (Å²) in [7, 11) is 11.8. The molecule has 0 saturated heterocycles. The van der Waals surface area contributed by atoms with Gasteiger partial charge < -0.3 is 47.9 Å². The van der Waals surface area contributed by atoms with Crippen molar-refractivity contribution in [2.75, 3.05) is 90.0 Å². The Labute approximate surface area is 434 Å². The second-order valence-corrected chi connectivity index (χ2v) is 21.3. The predicted octanol–water partition coefficient (Wildman–Crippen LogP) is 11.7. The smallest absolute Gasteiger partial charge is 0.338 e. The van der Waals surface area contributed by atoms with Gasteiger partial charge in [-0.2, -0.15) is 0 Å². The molecular weight excluding hydrogens is 911 g/mol. The normalized spacial score (nSPS) is 16.7. The van der Waals surface area contributed by atoms with Crippen LogP contribution in [0.2, 0.25) is 0 Å². The molecule has 0 amide bonds. The van der Waals surface area contributed by atoms with Crippen molar-refractivity contribution in [3.8, 4) is 5.75 Å². The number of rotatable bonds is 35. The van der Waals surface area contributed by atoms with Crippen molar-refractivity contribution in [2.45, 2.75) is 169 Å². The van der Waals surface area contributed by atoms with E-state index >= 15 is 0 Å². The lowest BCUT2D eigenvalue weighted by molar-refractivity contribution is -0.170. The van der Waals surface area contributed by atoms with Gasteiger partial charge in [0.15, 0.2) is 11.6 Å². The molecule has 0 aliphatic carbocycles. The first-order valence-electron chi connectivity index (χ1n) is 26.3. The van der Waals surface area contributed by atoms with E-state index in [0.29, 0.717) is 75.0 Å². The quantitative estimate of drug-likeness (QED) is 0.0410. The minimum Gasteiger partial charge on any atom is -0.486 e. The number of benzene rings is 3. The van der Waals surface area contributed by atoms with Crippen LogP contribution in [0.25, 0.3) is 0 Å². The molecule has 0 N–H and O–H groups in total. The fourth-order valence-electron chi connectivity index (χ4n) is 8.76. The molecule has 0 aliphatic rings. The summed E-state index contributed by atoms with van der Waals surface area (Å²) < 4.78 is 45.4. The van der Waals surface area contributed by atoms with Gasteiger partial charge in [-0.05, 0) is 146 Å². The fourth-order valence-corrected chi connectivity index (χ4v) is 8.76. The summed E-state index contributed by atoms with van der Waals surface area (Å²) in [4.78, 5) is 46.6. The summed E-state index contributed by atoms with van der Waals surface area (Å²) in [5, 5.41) is 0. The molecular formula is C59H93N3O10. The maximum atomic E-state index is 14.1. The average Bonchev–Trinajstić information content (AvgIpc) is 3.35. The number of ketones is 2. The molecule has 0 bridgehead atoms. The van der Waals surface area contributed by atoms with Crippen molar-refractivity contribution in [2.24, 2.45) is 5.41 Å². The van der Waals surface area contributed by atoms with Crippen LogP contribution in [0.4, 0.5) is 17.1 Å². The molecule has 13 heteroatoms. The van der Waals surface area contributed by atoms with Crippen molar-refractivity contribution in [1.82, 2.24) is 0 Å². The summed E-state index contributed by atoms with van der Waals surface area (Å²) in [5.74, 6) is 0.0673. The standard InChI is InChI=1S/C59H93N3O10/c1-18-35-58(11,54(64)46-23-27-48(28-24-46)60(12)13)72-44(7)37-57(10,21-4)69-42-59(22-5,40-66-38-45(8)71-55(65)47-25-29-49(30-26-47)61(14)15)41-68-56(9,20-3)36-43(6)70-53(19-2)52(63)39-67-51-33-31-50(32-34-51)62(16)17/h23-34,43-45,53H,18-22,35-42H2,1-17H3/t43?,44?,45?,53?,56?,57-,58?,59?/m0/s1. The zero-order valence-corrected chi connectivity index (χ0v) is 47.4. The van der Waals surface area contributed by atoms with Gasteiger partial charge in [-0.15, -0.1) is 0 Å². The lowest BCUT2D eigenvalue weighted by Gasteiger charge is -2.42. The maximum Gasteiger partial charge on any atom is 0.338 e. The van der Waals surface area contributed by atoms with E-state index in [1.807, 2.05) is 152 Å². The van der Waals surface area contributed by atoms with E-state index < -0.39 is 40.4 Å². The molecule has 0 aromatic heterocycles. The van der Waals surface area contributed by atoms with E-state index in [-0.39, 0.29) is 43.6 Å². The van der Waals surface area contributed by atoms with Crippen molar-refractivity contribution in [3.63, 3.8) is 0 Å². The van der Waals surface area contributed by atoms with Gasteiger partial charge in [0.25, 0.3) is 0 Å². The van der Waals surface area contributed by atoms with Crippen molar-refractivity contribution in [1.29, 1.82) is 0 Å². The van der Waals surface area contributed by atoms with Gasteiger partial charge in [0.1, 0.15) is 30.2 Å². The number of esters is 1. The SMILES string of the molecule is CCCC(C)(OC(C)C[C@](C)(CC)OCC(CC)(COCC(C)OC(=O)c1ccc(N(C)C)cc1)COC(C)(CC)CC(C)OC(CC)C(=O)COc1ccc(N(C)C)cc1)C(=O)c1ccc(N(C)C)cc1. The molecule has 3 rings (SSSR count). The lowest BCUT2D eigenvalue weighted by atomic mass is 9.86. The van der Waals surface area contributed by atoms with Crippen LogP contribution < -0.4 is 19.4 Å². The molecule has 0 radical (unpaired) electrons. The molecule has 7 unspecified atom stereocenters. The Hall–Kier alpha value is -4.53. The van der Waals surface area contributed by atoms with Crippen LogP contribution in [0.1, 0.15) is 148 Å². The summed E-state index contributed by atoms with van der Waals surface area (Å²) >= 11 is 0. The van der Waals surface area contributed by atoms with Gasteiger partial charge in [-0.25, -0.2) is 4.79 Å². The largest absolute Gasteiger partial charge is 0.486 e. The van der Waals surface area contributed by atoms with Crippen molar-refractivity contribution >= 4 is 34.6 Å². The van der Waals surface area contributed by atoms with Crippen LogP contribution in [0.5, 0.6) is 5.75 Å². The Morgan fingerprint density at radius 1 is 0.583 bits per heavy atom. The molecule has 72 heavy (non-hydrogen) atoms. The van der Waals surface area contributed by atoms with E-state index in [0.717, 1.165) is 23.5 Å². The van der Waals surface area contributed by atoms with Crippen LogP contribution in [-0.4, -0.2) is 134 Å². The number of anilines is 3. The fraction of sp³-hybridized carbons (Fsp3) is 0.644. The monoisotopic (exact) mass is 1000 g/mol. The minimum atomic E-state index is -1.02. The van der Waals surface area contributed by atoms with Gasteiger partial charge in [0, 0.05) is 83.2 Å². The molecule has 3 aromatic carbocycles. The second kappa shape index (κ2) is 28.8.